The zero-order valence-corrected chi connectivity index (χ0v) is 16.0. The first-order chi connectivity index (χ1) is 13.0. The Labute approximate surface area is 158 Å². The van der Waals surface area contributed by atoms with Gasteiger partial charge in [-0.25, -0.2) is 13.1 Å². The lowest BCUT2D eigenvalue weighted by Crippen LogP contribution is -2.33. The zero-order valence-electron chi connectivity index (χ0n) is 15.2. The lowest BCUT2D eigenvalue weighted by Gasteiger charge is -2.17. The van der Waals surface area contributed by atoms with Crippen LogP contribution in [-0.2, 0) is 17.1 Å². The van der Waals surface area contributed by atoms with Crippen LogP contribution in [0.5, 0.6) is 0 Å². The number of likely N-dealkylation sites (N-methyl/N-ethyl adjacent to an activating group) is 1. The van der Waals surface area contributed by atoms with Crippen LogP contribution >= 0.6 is 0 Å². The Bertz CT molecular complexity index is 1210. The van der Waals surface area contributed by atoms with Crippen LogP contribution in [0.1, 0.15) is 11.6 Å². The molecule has 2 aromatic carbocycles. The monoisotopic (exact) mass is 382 g/mol. The minimum atomic E-state index is -3.61. The maximum absolute atomic E-state index is 12.8. The van der Waals surface area contributed by atoms with E-state index in [2.05, 4.69) is 31.7 Å². The number of hydrogen-bond acceptors (Lipinski definition) is 3. The van der Waals surface area contributed by atoms with Crippen LogP contribution in [0.2, 0.25) is 0 Å². The summed E-state index contributed by atoms with van der Waals surface area (Å²) in [6.45, 7) is 0.260. The van der Waals surface area contributed by atoms with Gasteiger partial charge in [-0.2, -0.15) is 0 Å². The molecule has 1 atom stereocenters. The van der Waals surface area contributed by atoms with Gasteiger partial charge in [0.05, 0.1) is 4.90 Å². The van der Waals surface area contributed by atoms with Crippen molar-refractivity contribution in [3.63, 3.8) is 0 Å². The lowest BCUT2D eigenvalue weighted by molar-refractivity contribution is 0.548. The predicted molar refractivity (Wildman–Crippen MR) is 108 cm³/mol. The molecule has 0 aliphatic heterocycles. The Morgan fingerprint density at radius 2 is 1.96 bits per heavy atom. The van der Waals surface area contributed by atoms with Gasteiger partial charge in [0.2, 0.25) is 10.0 Å². The average Bonchev–Trinajstić information content (AvgIpc) is 3.27. The molecule has 0 amide bonds. The summed E-state index contributed by atoms with van der Waals surface area (Å²) in [5.74, 6) is 0. The molecule has 27 heavy (non-hydrogen) atoms. The highest BCUT2D eigenvalue weighted by Gasteiger charge is 2.20. The summed E-state index contributed by atoms with van der Waals surface area (Å²) >= 11 is 0. The number of aryl methyl sites for hydroxylation is 1. The van der Waals surface area contributed by atoms with Crippen molar-refractivity contribution in [2.75, 3.05) is 13.6 Å². The van der Waals surface area contributed by atoms with Crippen LogP contribution in [0.15, 0.2) is 65.8 Å². The fraction of sp³-hybridized carbons (Fsp3) is 0.200. The fourth-order valence-corrected chi connectivity index (χ4v) is 4.56. The molecule has 140 valence electrons. The van der Waals surface area contributed by atoms with Crippen molar-refractivity contribution < 1.29 is 8.42 Å². The van der Waals surface area contributed by atoms with Crippen molar-refractivity contribution in [1.29, 1.82) is 0 Å². The van der Waals surface area contributed by atoms with E-state index in [0.717, 1.165) is 27.4 Å². The number of sulfonamides is 1. The number of benzene rings is 2. The summed E-state index contributed by atoms with van der Waals surface area (Å²) in [6, 6.07) is 15.0. The van der Waals surface area contributed by atoms with Crippen molar-refractivity contribution in [3.05, 3.63) is 66.5 Å². The maximum atomic E-state index is 12.8. The third-order valence-electron chi connectivity index (χ3n) is 4.97. The molecule has 0 spiro atoms. The Kier molecular flexibility index (Phi) is 4.51. The molecule has 0 saturated carbocycles. The average molecular weight is 382 g/mol. The molecule has 0 bridgehead atoms. The van der Waals surface area contributed by atoms with Gasteiger partial charge in [-0.05, 0) is 42.3 Å². The van der Waals surface area contributed by atoms with E-state index in [1.54, 1.807) is 24.4 Å². The Morgan fingerprint density at radius 1 is 1.15 bits per heavy atom. The van der Waals surface area contributed by atoms with Gasteiger partial charge in [-0.15, -0.1) is 0 Å². The second-order valence-electron chi connectivity index (χ2n) is 6.63. The van der Waals surface area contributed by atoms with Crippen LogP contribution in [0.25, 0.3) is 21.8 Å². The van der Waals surface area contributed by atoms with Gasteiger partial charge in [-0.1, -0.05) is 24.3 Å². The fourth-order valence-electron chi connectivity index (χ4n) is 3.49. The molecule has 6 nitrogen and oxygen atoms in total. The van der Waals surface area contributed by atoms with Gasteiger partial charge in [-0.3, -0.25) is 0 Å². The highest BCUT2D eigenvalue weighted by Crippen LogP contribution is 2.26. The molecule has 0 aliphatic rings. The second kappa shape index (κ2) is 6.84. The van der Waals surface area contributed by atoms with Crippen LogP contribution in [0.4, 0.5) is 0 Å². The summed E-state index contributed by atoms with van der Waals surface area (Å²) in [6.07, 6.45) is 3.84. The molecule has 3 N–H and O–H groups in total. The first kappa shape index (κ1) is 17.8. The first-order valence-electron chi connectivity index (χ1n) is 8.77. The number of aromatic nitrogens is 2. The number of rotatable bonds is 6. The minimum absolute atomic E-state index is 0.139. The molecule has 0 radical (unpaired) electrons. The molecule has 1 unspecified atom stereocenters. The molecule has 0 fully saturated rings. The Hall–Kier alpha value is -2.61. The molecular weight excluding hydrogens is 360 g/mol. The number of nitrogens with one attached hydrogen (secondary N) is 3. The van der Waals surface area contributed by atoms with Gasteiger partial charge < -0.3 is 14.9 Å². The molecule has 2 aromatic heterocycles. The van der Waals surface area contributed by atoms with Crippen LogP contribution in [0.3, 0.4) is 0 Å². The van der Waals surface area contributed by atoms with E-state index >= 15 is 0 Å². The SMILES string of the molecule is CNC(CNS(=O)(=O)c1ccc2cc[nH]c2c1)c1cn(C)c2ccccc12. The first-order valence-corrected chi connectivity index (χ1v) is 10.3. The molecular formula is C20H22N4O2S. The minimum Gasteiger partial charge on any atom is -0.361 e. The third-order valence-corrected chi connectivity index (χ3v) is 6.39. The topological polar surface area (TPSA) is 78.9 Å². The molecule has 4 rings (SSSR count). The highest BCUT2D eigenvalue weighted by molar-refractivity contribution is 7.89. The van der Waals surface area contributed by atoms with E-state index in [4.69, 9.17) is 0 Å². The molecule has 0 aliphatic carbocycles. The summed E-state index contributed by atoms with van der Waals surface area (Å²) in [5, 5.41) is 5.33. The van der Waals surface area contributed by atoms with E-state index < -0.39 is 10.0 Å². The third kappa shape index (κ3) is 3.25. The Balaban J connectivity index is 1.60. The van der Waals surface area contributed by atoms with Gasteiger partial charge >= 0.3 is 0 Å². The largest absolute Gasteiger partial charge is 0.361 e. The number of H-pyrrole nitrogens is 1. The highest BCUT2D eigenvalue weighted by atomic mass is 32.2. The number of nitrogens with zero attached hydrogens (tertiary/aromatic N) is 1. The summed E-state index contributed by atoms with van der Waals surface area (Å²) in [5.41, 5.74) is 2.99. The Morgan fingerprint density at radius 3 is 2.78 bits per heavy atom. The van der Waals surface area contributed by atoms with Crippen molar-refractivity contribution in [2.45, 2.75) is 10.9 Å². The summed E-state index contributed by atoms with van der Waals surface area (Å²) in [4.78, 5) is 3.30. The van der Waals surface area contributed by atoms with Gasteiger partial charge in [0.1, 0.15) is 0 Å². The number of aromatic amines is 1. The van der Waals surface area contributed by atoms with Crippen LogP contribution in [-0.4, -0.2) is 31.6 Å². The predicted octanol–water partition coefficient (Wildman–Crippen LogP) is 2.90. The van der Waals surface area contributed by atoms with Crippen LogP contribution in [0, 0.1) is 0 Å². The van der Waals surface area contributed by atoms with E-state index in [9.17, 15) is 8.42 Å². The van der Waals surface area contributed by atoms with Crippen molar-refractivity contribution in [3.8, 4) is 0 Å². The van der Waals surface area contributed by atoms with Crippen molar-refractivity contribution >= 4 is 31.8 Å². The summed E-state index contributed by atoms with van der Waals surface area (Å²) in [7, 11) is 0.227. The maximum Gasteiger partial charge on any atom is 0.240 e. The van der Waals surface area contributed by atoms with E-state index in [0.29, 0.717) is 0 Å². The van der Waals surface area contributed by atoms with E-state index in [1.807, 2.05) is 38.5 Å². The van der Waals surface area contributed by atoms with Gasteiger partial charge in [0.15, 0.2) is 0 Å². The van der Waals surface area contributed by atoms with E-state index in [1.165, 1.54) is 0 Å². The molecule has 4 aromatic rings. The number of para-hydroxylation sites is 1. The number of hydrogen-bond donors (Lipinski definition) is 3. The molecule has 7 heteroatoms. The van der Waals surface area contributed by atoms with Gasteiger partial charge in [0.25, 0.3) is 0 Å². The van der Waals surface area contributed by atoms with Gasteiger partial charge in [0, 0.05) is 48.4 Å². The molecule has 2 heterocycles. The quantitative estimate of drug-likeness (QED) is 0.480. The van der Waals surface area contributed by atoms with Crippen LogP contribution < -0.4 is 10.0 Å². The lowest BCUT2D eigenvalue weighted by atomic mass is 10.1. The van der Waals surface area contributed by atoms with E-state index in [-0.39, 0.29) is 17.5 Å². The van der Waals surface area contributed by atoms with Crippen molar-refractivity contribution in [2.24, 2.45) is 7.05 Å². The number of fused-ring (bicyclic) bond motifs is 2. The zero-order chi connectivity index (χ0) is 19.0. The van der Waals surface area contributed by atoms with Crippen molar-refractivity contribution in [1.82, 2.24) is 19.6 Å². The standard InChI is InChI=1S/C20H22N4O2S/c1-21-19(17-13-24(2)20-6-4-3-5-16(17)20)12-23-27(25,26)15-8-7-14-9-10-22-18(14)11-15/h3-11,13,19,21-23H,12H2,1-2H3. The summed E-state index contributed by atoms with van der Waals surface area (Å²) < 4.78 is 30.3. The normalized spacial score (nSPS) is 13.4. The molecule has 0 saturated heterocycles. The smallest absolute Gasteiger partial charge is 0.240 e. The second-order valence-corrected chi connectivity index (χ2v) is 8.40.